The molecule has 2 rings (SSSR count). The van der Waals surface area contributed by atoms with Crippen molar-refractivity contribution in [3.63, 3.8) is 0 Å². The fraction of sp³-hybridized carbons (Fsp3) is 0.556. The summed E-state index contributed by atoms with van der Waals surface area (Å²) in [6, 6.07) is 6.37. The number of likely N-dealkylation sites (tertiary alicyclic amines) is 1. The quantitative estimate of drug-likeness (QED) is 0.871. The summed E-state index contributed by atoms with van der Waals surface area (Å²) in [7, 11) is 0. The van der Waals surface area contributed by atoms with E-state index in [1.165, 1.54) is 12.1 Å². The number of carboxylic acids is 1. The van der Waals surface area contributed by atoms with E-state index < -0.39 is 5.97 Å². The lowest BCUT2D eigenvalue weighted by atomic mass is 9.94. The number of nitrogens with zero attached hydrogens (tertiary/aromatic N) is 1. The number of halogens is 1. The Bertz CT molecular complexity index is 561. The van der Waals surface area contributed by atoms with Gasteiger partial charge in [0.15, 0.2) is 0 Å². The Morgan fingerprint density at radius 1 is 1.39 bits per heavy atom. The van der Waals surface area contributed by atoms with Gasteiger partial charge >= 0.3 is 5.97 Å². The fourth-order valence-corrected chi connectivity index (χ4v) is 3.23. The lowest BCUT2D eigenvalue weighted by molar-refractivity contribution is -0.140. The number of piperidine rings is 1. The van der Waals surface area contributed by atoms with Gasteiger partial charge in [-0.1, -0.05) is 19.1 Å². The zero-order valence-electron chi connectivity index (χ0n) is 13.5. The second-order valence-corrected chi connectivity index (χ2v) is 6.33. The number of rotatable bonds is 6. The molecule has 1 amide bonds. The van der Waals surface area contributed by atoms with Gasteiger partial charge in [0.25, 0.3) is 0 Å². The number of hydrogen-bond acceptors (Lipinski definition) is 2. The van der Waals surface area contributed by atoms with Crippen molar-refractivity contribution in [3.8, 4) is 0 Å². The van der Waals surface area contributed by atoms with Crippen LogP contribution in [-0.2, 0) is 9.59 Å². The zero-order chi connectivity index (χ0) is 16.8. The van der Waals surface area contributed by atoms with Crippen LogP contribution in [0.3, 0.4) is 0 Å². The number of carbonyl (C=O) groups is 2. The van der Waals surface area contributed by atoms with Crippen LogP contribution in [0, 0.1) is 5.82 Å². The van der Waals surface area contributed by atoms with Gasteiger partial charge in [-0.3, -0.25) is 9.59 Å². The van der Waals surface area contributed by atoms with Crippen molar-refractivity contribution in [1.29, 1.82) is 0 Å². The van der Waals surface area contributed by atoms with E-state index in [4.69, 9.17) is 5.11 Å². The van der Waals surface area contributed by atoms with Crippen LogP contribution < -0.4 is 0 Å². The van der Waals surface area contributed by atoms with Crippen LogP contribution in [0.4, 0.5) is 4.39 Å². The van der Waals surface area contributed by atoms with Crippen molar-refractivity contribution in [1.82, 2.24) is 4.90 Å². The van der Waals surface area contributed by atoms with Gasteiger partial charge in [0.1, 0.15) is 5.82 Å². The number of benzene rings is 1. The van der Waals surface area contributed by atoms with E-state index in [1.54, 1.807) is 6.07 Å². The third kappa shape index (κ3) is 5.05. The van der Waals surface area contributed by atoms with Crippen LogP contribution in [0.1, 0.15) is 56.9 Å². The average Bonchev–Trinajstić information content (AvgIpc) is 2.53. The summed E-state index contributed by atoms with van der Waals surface area (Å²) >= 11 is 0. The first-order chi connectivity index (χ1) is 11.0. The molecular formula is C18H24FNO3. The maximum atomic E-state index is 13.3. The van der Waals surface area contributed by atoms with Crippen LogP contribution >= 0.6 is 0 Å². The van der Waals surface area contributed by atoms with Gasteiger partial charge in [-0.2, -0.15) is 0 Å². The lowest BCUT2D eigenvalue weighted by Crippen LogP contribution is -2.44. The molecule has 2 atom stereocenters. The van der Waals surface area contributed by atoms with Crippen LogP contribution in [0.5, 0.6) is 0 Å². The largest absolute Gasteiger partial charge is 0.481 e. The predicted octanol–water partition coefficient (Wildman–Crippen LogP) is 3.57. The molecule has 0 spiro atoms. The molecule has 0 saturated carbocycles. The summed E-state index contributed by atoms with van der Waals surface area (Å²) < 4.78 is 13.3. The third-order valence-electron chi connectivity index (χ3n) is 4.54. The Labute approximate surface area is 136 Å². The molecule has 1 aliphatic heterocycles. The summed E-state index contributed by atoms with van der Waals surface area (Å²) in [5, 5.41) is 8.85. The van der Waals surface area contributed by atoms with Crippen molar-refractivity contribution >= 4 is 11.9 Å². The highest BCUT2D eigenvalue weighted by Gasteiger charge is 2.28. The van der Waals surface area contributed by atoms with Crippen molar-refractivity contribution < 1.29 is 19.1 Å². The van der Waals surface area contributed by atoms with Crippen molar-refractivity contribution in [2.45, 2.75) is 57.4 Å². The van der Waals surface area contributed by atoms with Crippen molar-refractivity contribution in [2.75, 3.05) is 6.54 Å². The zero-order valence-corrected chi connectivity index (χ0v) is 13.5. The number of carboxylic acid groups (broad SMARTS) is 1. The lowest BCUT2D eigenvalue weighted by Gasteiger charge is -2.36. The first kappa shape index (κ1) is 17.4. The van der Waals surface area contributed by atoms with Crippen LogP contribution in [0.15, 0.2) is 24.3 Å². The molecule has 1 aliphatic rings. The van der Waals surface area contributed by atoms with Gasteiger partial charge in [-0.05, 0) is 49.3 Å². The topological polar surface area (TPSA) is 57.6 Å². The number of carbonyl (C=O) groups excluding carboxylic acids is 1. The molecule has 0 bridgehead atoms. The van der Waals surface area contributed by atoms with E-state index in [-0.39, 0.29) is 30.1 Å². The Morgan fingerprint density at radius 2 is 2.17 bits per heavy atom. The number of hydrogen-bond donors (Lipinski definition) is 1. The van der Waals surface area contributed by atoms with Crippen LogP contribution in [0.25, 0.3) is 0 Å². The maximum absolute atomic E-state index is 13.3. The smallest absolute Gasteiger partial charge is 0.303 e. The van der Waals surface area contributed by atoms with Crippen molar-refractivity contribution in [2.24, 2.45) is 0 Å². The van der Waals surface area contributed by atoms with Gasteiger partial charge in [0, 0.05) is 25.4 Å². The average molecular weight is 321 g/mol. The maximum Gasteiger partial charge on any atom is 0.303 e. The molecule has 1 heterocycles. The summed E-state index contributed by atoms with van der Waals surface area (Å²) in [4.78, 5) is 25.2. The first-order valence-electron chi connectivity index (χ1n) is 8.24. The minimum atomic E-state index is -0.823. The molecule has 0 unspecified atom stereocenters. The highest BCUT2D eigenvalue weighted by molar-refractivity contribution is 5.77. The Hall–Kier alpha value is -1.91. The third-order valence-corrected chi connectivity index (χ3v) is 4.54. The molecule has 0 aromatic heterocycles. The van der Waals surface area contributed by atoms with E-state index >= 15 is 0 Å². The molecule has 4 nitrogen and oxygen atoms in total. The second kappa shape index (κ2) is 8.09. The monoisotopic (exact) mass is 321 g/mol. The van der Waals surface area contributed by atoms with E-state index in [0.717, 1.165) is 24.8 Å². The second-order valence-electron chi connectivity index (χ2n) is 6.33. The van der Waals surface area contributed by atoms with Gasteiger partial charge < -0.3 is 10.0 Å². The van der Waals surface area contributed by atoms with Crippen LogP contribution in [-0.4, -0.2) is 34.5 Å². The molecule has 23 heavy (non-hydrogen) atoms. The molecule has 0 radical (unpaired) electrons. The highest BCUT2D eigenvalue weighted by Crippen LogP contribution is 2.26. The number of aliphatic carboxylic acids is 1. The fourth-order valence-electron chi connectivity index (χ4n) is 3.23. The van der Waals surface area contributed by atoms with Crippen molar-refractivity contribution in [3.05, 3.63) is 35.6 Å². The molecule has 1 fully saturated rings. The predicted molar refractivity (Wildman–Crippen MR) is 85.7 cm³/mol. The Balaban J connectivity index is 1.98. The van der Waals surface area contributed by atoms with Gasteiger partial charge in [-0.25, -0.2) is 4.39 Å². The summed E-state index contributed by atoms with van der Waals surface area (Å²) in [5.41, 5.74) is 0.817. The number of amides is 1. The normalized spacial score (nSPS) is 19.4. The molecule has 1 aromatic rings. The molecule has 1 saturated heterocycles. The van der Waals surface area contributed by atoms with Gasteiger partial charge in [0.05, 0.1) is 0 Å². The summed E-state index contributed by atoms with van der Waals surface area (Å²) in [5.74, 6) is -1.13. The molecule has 1 aromatic carbocycles. The highest BCUT2D eigenvalue weighted by atomic mass is 19.1. The molecule has 1 N–H and O–H groups in total. The molecule has 126 valence electrons. The van der Waals surface area contributed by atoms with E-state index in [2.05, 4.69) is 0 Å². The summed E-state index contributed by atoms with van der Waals surface area (Å²) in [6.45, 7) is 2.61. The minimum Gasteiger partial charge on any atom is -0.481 e. The van der Waals surface area contributed by atoms with E-state index in [0.29, 0.717) is 19.4 Å². The van der Waals surface area contributed by atoms with E-state index in [9.17, 15) is 14.0 Å². The van der Waals surface area contributed by atoms with Crippen LogP contribution in [0.2, 0.25) is 0 Å². The van der Waals surface area contributed by atoms with Gasteiger partial charge in [0.2, 0.25) is 5.91 Å². The first-order valence-corrected chi connectivity index (χ1v) is 8.24. The SMILES string of the molecule is C[C@@H](CC(=O)N1CCCC[C@@H]1CCC(=O)O)c1cccc(F)c1. The minimum absolute atomic E-state index is 0.0204. The Kier molecular flexibility index (Phi) is 6.13. The van der Waals surface area contributed by atoms with E-state index in [1.807, 2.05) is 17.9 Å². The molecule has 0 aliphatic carbocycles. The summed E-state index contributed by atoms with van der Waals surface area (Å²) in [6.07, 6.45) is 3.79. The Morgan fingerprint density at radius 3 is 2.87 bits per heavy atom. The molecule has 5 heteroatoms. The molecular weight excluding hydrogens is 297 g/mol. The standard InChI is InChI=1S/C18H24FNO3/c1-13(14-5-4-6-15(19)12-14)11-17(21)20-10-3-2-7-16(20)8-9-18(22)23/h4-6,12-13,16H,2-3,7-11H2,1H3,(H,22,23)/t13-,16+/m0/s1. The van der Waals surface area contributed by atoms with Gasteiger partial charge in [-0.15, -0.1) is 0 Å².